The van der Waals surface area contributed by atoms with Gasteiger partial charge in [-0.15, -0.1) is 0 Å². The normalized spacial score (nSPS) is 10.7. The van der Waals surface area contributed by atoms with Gasteiger partial charge in [-0.25, -0.2) is 4.98 Å². The number of nitrogens with zero attached hydrogens (tertiary/aromatic N) is 1. The molecular formula is C14H16N2O2. The number of nitrogens with one attached hydrogen (secondary N) is 1. The van der Waals surface area contributed by atoms with Gasteiger partial charge in [-0.1, -0.05) is 32.0 Å². The number of anilines is 1. The molecule has 1 N–H and O–H groups in total. The van der Waals surface area contributed by atoms with Crippen molar-refractivity contribution in [1.29, 1.82) is 0 Å². The van der Waals surface area contributed by atoms with Crippen molar-refractivity contribution in [2.45, 2.75) is 26.7 Å². The molecule has 4 nitrogen and oxygen atoms in total. The second kappa shape index (κ2) is 5.04. The first kappa shape index (κ1) is 12.4. The van der Waals surface area contributed by atoms with Gasteiger partial charge in [0.2, 0.25) is 5.76 Å². The second-order valence-corrected chi connectivity index (χ2v) is 4.42. The number of hydrogen-bond donors (Lipinski definition) is 1. The Labute approximate surface area is 106 Å². The molecule has 0 spiro atoms. The fourth-order valence-corrected chi connectivity index (χ4v) is 1.71. The number of amides is 1. The third-order valence-electron chi connectivity index (χ3n) is 2.55. The number of oxazole rings is 1. The Morgan fingerprint density at radius 2 is 1.94 bits per heavy atom. The van der Waals surface area contributed by atoms with Gasteiger partial charge in [-0.05, 0) is 18.1 Å². The van der Waals surface area contributed by atoms with Gasteiger partial charge in [0.25, 0.3) is 5.91 Å². The number of carbonyl (C=O) groups is 1. The van der Waals surface area contributed by atoms with Gasteiger partial charge >= 0.3 is 0 Å². The maximum atomic E-state index is 12.1. The largest absolute Gasteiger partial charge is 0.436 e. The fourth-order valence-electron chi connectivity index (χ4n) is 1.71. The maximum Gasteiger partial charge on any atom is 0.293 e. The molecule has 1 aromatic carbocycles. The van der Waals surface area contributed by atoms with Crippen LogP contribution in [0.2, 0.25) is 0 Å². The van der Waals surface area contributed by atoms with Gasteiger partial charge in [0.1, 0.15) is 0 Å². The molecule has 2 aromatic rings. The Balaban J connectivity index is 2.24. The van der Waals surface area contributed by atoms with Gasteiger partial charge in [0.15, 0.2) is 5.89 Å². The van der Waals surface area contributed by atoms with E-state index in [4.69, 9.17) is 4.42 Å². The fraction of sp³-hybridized carbons (Fsp3) is 0.286. The molecule has 0 saturated carbocycles. The van der Waals surface area contributed by atoms with Crippen LogP contribution in [0.15, 0.2) is 34.7 Å². The smallest absolute Gasteiger partial charge is 0.293 e. The van der Waals surface area contributed by atoms with Crippen LogP contribution in [0.25, 0.3) is 0 Å². The van der Waals surface area contributed by atoms with Crippen molar-refractivity contribution >= 4 is 11.6 Å². The van der Waals surface area contributed by atoms with Gasteiger partial charge in [-0.2, -0.15) is 0 Å². The summed E-state index contributed by atoms with van der Waals surface area (Å²) in [6.45, 7) is 5.71. The zero-order chi connectivity index (χ0) is 13.1. The molecular weight excluding hydrogens is 228 g/mol. The quantitative estimate of drug-likeness (QED) is 0.900. The summed E-state index contributed by atoms with van der Waals surface area (Å²) in [5.74, 6) is 0.702. The van der Waals surface area contributed by atoms with Crippen LogP contribution in [0.1, 0.15) is 41.9 Å². The van der Waals surface area contributed by atoms with Gasteiger partial charge in [0, 0.05) is 12.6 Å². The van der Waals surface area contributed by atoms with E-state index in [1.54, 1.807) is 6.92 Å². The first-order valence-corrected chi connectivity index (χ1v) is 5.91. The molecule has 0 atom stereocenters. The van der Waals surface area contributed by atoms with E-state index in [1.807, 2.05) is 44.2 Å². The van der Waals surface area contributed by atoms with E-state index in [-0.39, 0.29) is 11.8 Å². The molecule has 18 heavy (non-hydrogen) atoms. The highest BCUT2D eigenvalue weighted by Crippen LogP contribution is 2.21. The Bertz CT molecular complexity index is 544. The van der Waals surface area contributed by atoms with E-state index in [1.165, 1.54) is 0 Å². The predicted molar refractivity (Wildman–Crippen MR) is 69.7 cm³/mol. The number of hydrogen-bond acceptors (Lipinski definition) is 3. The molecule has 1 amide bonds. The van der Waals surface area contributed by atoms with Gasteiger partial charge < -0.3 is 9.73 Å². The van der Waals surface area contributed by atoms with E-state index in [0.29, 0.717) is 17.3 Å². The van der Waals surface area contributed by atoms with Crippen molar-refractivity contribution in [2.75, 3.05) is 5.32 Å². The molecule has 2 rings (SSSR count). The highest BCUT2D eigenvalue weighted by atomic mass is 16.4. The molecule has 0 aliphatic carbocycles. The number of aromatic nitrogens is 1. The Morgan fingerprint density at radius 1 is 1.28 bits per heavy atom. The number of aryl methyl sites for hydroxylation is 1. The van der Waals surface area contributed by atoms with E-state index in [9.17, 15) is 4.79 Å². The minimum atomic E-state index is -0.259. The van der Waals surface area contributed by atoms with E-state index in [0.717, 1.165) is 5.69 Å². The molecule has 1 heterocycles. The molecule has 0 aliphatic heterocycles. The lowest BCUT2D eigenvalue weighted by Crippen LogP contribution is -2.13. The third kappa shape index (κ3) is 2.59. The maximum absolute atomic E-state index is 12.1. The van der Waals surface area contributed by atoms with Crippen molar-refractivity contribution in [3.05, 3.63) is 47.7 Å². The lowest BCUT2D eigenvalue weighted by Gasteiger charge is -2.05. The standard InChI is InChI=1S/C14H16N2O2/c1-9(2)12-13(18-10(3)15-12)14(17)16-11-7-5-4-6-8-11/h4-9H,1-3H3,(H,16,17). The van der Waals surface area contributed by atoms with Crippen LogP contribution < -0.4 is 5.32 Å². The molecule has 0 saturated heterocycles. The average molecular weight is 244 g/mol. The minimum absolute atomic E-state index is 0.152. The number of rotatable bonds is 3. The summed E-state index contributed by atoms with van der Waals surface area (Å²) in [6.07, 6.45) is 0. The van der Waals surface area contributed by atoms with E-state index in [2.05, 4.69) is 10.3 Å². The summed E-state index contributed by atoms with van der Waals surface area (Å²) >= 11 is 0. The first-order valence-electron chi connectivity index (χ1n) is 5.91. The highest BCUT2D eigenvalue weighted by Gasteiger charge is 2.21. The number of carbonyl (C=O) groups excluding carboxylic acids is 1. The van der Waals surface area contributed by atoms with Crippen molar-refractivity contribution in [1.82, 2.24) is 4.98 Å². The van der Waals surface area contributed by atoms with Crippen LogP contribution in [0.4, 0.5) is 5.69 Å². The van der Waals surface area contributed by atoms with Crippen molar-refractivity contribution < 1.29 is 9.21 Å². The Kier molecular flexibility index (Phi) is 3.46. The zero-order valence-electron chi connectivity index (χ0n) is 10.7. The van der Waals surface area contributed by atoms with E-state index >= 15 is 0 Å². The Morgan fingerprint density at radius 3 is 2.56 bits per heavy atom. The van der Waals surface area contributed by atoms with Crippen LogP contribution in [0, 0.1) is 6.92 Å². The second-order valence-electron chi connectivity index (χ2n) is 4.42. The molecule has 1 aromatic heterocycles. The van der Waals surface area contributed by atoms with Crippen LogP contribution in [-0.2, 0) is 0 Å². The summed E-state index contributed by atoms with van der Waals surface area (Å²) in [7, 11) is 0. The summed E-state index contributed by atoms with van der Waals surface area (Å²) < 4.78 is 5.39. The minimum Gasteiger partial charge on any atom is -0.436 e. The lowest BCUT2D eigenvalue weighted by atomic mass is 10.1. The van der Waals surface area contributed by atoms with Crippen molar-refractivity contribution in [3.8, 4) is 0 Å². The summed E-state index contributed by atoms with van der Waals surface area (Å²) in [4.78, 5) is 16.4. The summed E-state index contributed by atoms with van der Waals surface area (Å²) in [5, 5.41) is 2.79. The van der Waals surface area contributed by atoms with Crippen LogP contribution >= 0.6 is 0 Å². The van der Waals surface area contributed by atoms with Crippen LogP contribution in [-0.4, -0.2) is 10.9 Å². The summed E-state index contributed by atoms with van der Waals surface area (Å²) in [6, 6.07) is 9.29. The zero-order valence-corrected chi connectivity index (χ0v) is 10.7. The molecule has 0 aliphatic rings. The SMILES string of the molecule is Cc1nc(C(C)C)c(C(=O)Nc2ccccc2)o1. The van der Waals surface area contributed by atoms with E-state index < -0.39 is 0 Å². The third-order valence-corrected chi connectivity index (χ3v) is 2.55. The number of benzene rings is 1. The molecule has 0 bridgehead atoms. The van der Waals surface area contributed by atoms with Gasteiger partial charge in [0.05, 0.1) is 5.69 Å². The molecule has 94 valence electrons. The van der Waals surface area contributed by atoms with Crippen molar-refractivity contribution in [3.63, 3.8) is 0 Å². The molecule has 0 unspecified atom stereocenters. The molecule has 0 radical (unpaired) electrons. The molecule has 0 fully saturated rings. The predicted octanol–water partition coefficient (Wildman–Crippen LogP) is 3.36. The number of para-hydroxylation sites is 1. The average Bonchev–Trinajstić information content (AvgIpc) is 2.73. The topological polar surface area (TPSA) is 55.1 Å². The van der Waals surface area contributed by atoms with Crippen molar-refractivity contribution in [2.24, 2.45) is 0 Å². The first-order chi connectivity index (χ1) is 8.58. The lowest BCUT2D eigenvalue weighted by molar-refractivity contribution is 0.0993. The molecule has 4 heteroatoms. The Hall–Kier alpha value is -2.10. The highest BCUT2D eigenvalue weighted by molar-refractivity contribution is 6.03. The van der Waals surface area contributed by atoms with Crippen LogP contribution in [0.3, 0.4) is 0 Å². The summed E-state index contributed by atoms with van der Waals surface area (Å²) in [5.41, 5.74) is 1.44. The van der Waals surface area contributed by atoms with Crippen LogP contribution in [0.5, 0.6) is 0 Å². The monoisotopic (exact) mass is 244 g/mol. The van der Waals surface area contributed by atoms with Gasteiger partial charge in [-0.3, -0.25) is 4.79 Å².